The zero-order valence-electron chi connectivity index (χ0n) is 15.2. The van der Waals surface area contributed by atoms with Crippen LogP contribution in [0, 0.1) is 11.8 Å². The first kappa shape index (κ1) is 17.8. The fraction of sp³-hybridized carbons (Fsp3) is 0.600. The summed E-state index contributed by atoms with van der Waals surface area (Å²) in [5, 5.41) is 0. The van der Waals surface area contributed by atoms with Crippen molar-refractivity contribution in [3.8, 4) is 0 Å². The standard InChI is InChI=1S/C20H27NO4/c1-4-24-20(23)21-14(3)11-16(12-18(21)17-10-13(17)2)25-19(22)15-8-6-5-7-9-15/h5-9,13-14,16-18H,4,10-12H2,1-3H3/t13-,14?,16?,17+,18?/m1/s1. The van der Waals surface area contributed by atoms with E-state index in [9.17, 15) is 9.59 Å². The second kappa shape index (κ2) is 7.46. The van der Waals surface area contributed by atoms with Crippen molar-refractivity contribution in [2.24, 2.45) is 11.8 Å². The molecule has 5 nitrogen and oxygen atoms in total. The molecule has 25 heavy (non-hydrogen) atoms. The summed E-state index contributed by atoms with van der Waals surface area (Å²) in [6.07, 6.45) is 2.05. The maximum absolute atomic E-state index is 12.4. The van der Waals surface area contributed by atoms with Gasteiger partial charge in [0.25, 0.3) is 0 Å². The summed E-state index contributed by atoms with van der Waals surface area (Å²) in [6, 6.07) is 9.15. The maximum atomic E-state index is 12.4. The summed E-state index contributed by atoms with van der Waals surface area (Å²) in [6.45, 7) is 6.42. The lowest BCUT2D eigenvalue weighted by Crippen LogP contribution is -2.54. The molecule has 1 saturated carbocycles. The largest absolute Gasteiger partial charge is 0.459 e. The molecule has 0 spiro atoms. The van der Waals surface area contributed by atoms with Crippen LogP contribution < -0.4 is 0 Å². The van der Waals surface area contributed by atoms with Gasteiger partial charge < -0.3 is 14.4 Å². The van der Waals surface area contributed by atoms with E-state index in [1.807, 2.05) is 36.9 Å². The van der Waals surface area contributed by atoms with E-state index in [1.54, 1.807) is 12.1 Å². The second-order valence-electron chi connectivity index (χ2n) is 7.26. The third kappa shape index (κ3) is 3.97. The van der Waals surface area contributed by atoms with Crippen molar-refractivity contribution in [3.63, 3.8) is 0 Å². The molecule has 1 aliphatic heterocycles. The number of nitrogens with zero attached hydrogens (tertiary/aromatic N) is 1. The van der Waals surface area contributed by atoms with Crippen molar-refractivity contribution in [1.29, 1.82) is 0 Å². The number of rotatable bonds is 4. The number of esters is 1. The van der Waals surface area contributed by atoms with E-state index in [-0.39, 0.29) is 30.3 Å². The lowest BCUT2D eigenvalue weighted by atomic mass is 9.90. The van der Waals surface area contributed by atoms with Gasteiger partial charge in [-0.25, -0.2) is 9.59 Å². The molecule has 0 radical (unpaired) electrons. The number of hydrogen-bond donors (Lipinski definition) is 0. The Morgan fingerprint density at radius 3 is 2.40 bits per heavy atom. The predicted octanol–water partition coefficient (Wildman–Crippen LogP) is 3.88. The zero-order valence-corrected chi connectivity index (χ0v) is 15.2. The Morgan fingerprint density at radius 2 is 1.80 bits per heavy atom. The van der Waals surface area contributed by atoms with Gasteiger partial charge in [0, 0.05) is 24.9 Å². The van der Waals surface area contributed by atoms with Crippen molar-refractivity contribution in [1.82, 2.24) is 4.90 Å². The molecule has 0 aromatic heterocycles. The molecule has 1 aromatic carbocycles. The number of hydrogen-bond acceptors (Lipinski definition) is 4. The summed E-state index contributed by atoms with van der Waals surface area (Å²) in [5.74, 6) is 0.799. The topological polar surface area (TPSA) is 55.8 Å². The van der Waals surface area contributed by atoms with Crippen LogP contribution in [0.5, 0.6) is 0 Å². The Balaban J connectivity index is 1.70. The normalized spacial score (nSPS) is 31.3. The van der Waals surface area contributed by atoms with Crippen molar-refractivity contribution in [2.75, 3.05) is 6.61 Å². The Hall–Kier alpha value is -2.04. The molecule has 0 N–H and O–H groups in total. The van der Waals surface area contributed by atoms with E-state index in [4.69, 9.17) is 9.47 Å². The maximum Gasteiger partial charge on any atom is 0.410 e. The number of carbonyl (C=O) groups is 2. The fourth-order valence-corrected chi connectivity index (χ4v) is 3.97. The van der Waals surface area contributed by atoms with Crippen molar-refractivity contribution < 1.29 is 19.1 Å². The Morgan fingerprint density at radius 1 is 1.12 bits per heavy atom. The SMILES string of the molecule is CCOC(=O)N1C(C)CC(OC(=O)c2ccccc2)CC1[C@H]1C[C@H]1C. The Kier molecular flexibility index (Phi) is 5.30. The molecular weight excluding hydrogens is 318 g/mol. The second-order valence-corrected chi connectivity index (χ2v) is 7.26. The third-order valence-electron chi connectivity index (χ3n) is 5.37. The molecule has 1 aromatic rings. The summed E-state index contributed by atoms with van der Waals surface area (Å²) in [5.41, 5.74) is 0.569. The molecule has 3 rings (SSSR count). The number of benzene rings is 1. The summed E-state index contributed by atoms with van der Waals surface area (Å²) >= 11 is 0. The minimum absolute atomic E-state index is 0.000765. The van der Waals surface area contributed by atoms with Gasteiger partial charge in [0.05, 0.1) is 12.2 Å². The van der Waals surface area contributed by atoms with Crippen LogP contribution in [-0.2, 0) is 9.47 Å². The molecule has 2 aliphatic rings. The highest BCUT2D eigenvalue weighted by Gasteiger charge is 2.49. The fourth-order valence-electron chi connectivity index (χ4n) is 3.97. The predicted molar refractivity (Wildman–Crippen MR) is 94.3 cm³/mol. The van der Waals surface area contributed by atoms with Crippen molar-refractivity contribution >= 4 is 12.1 Å². The monoisotopic (exact) mass is 345 g/mol. The van der Waals surface area contributed by atoms with Gasteiger partial charge in [-0.3, -0.25) is 0 Å². The lowest BCUT2D eigenvalue weighted by molar-refractivity contribution is -0.0243. The number of amides is 1. The third-order valence-corrected chi connectivity index (χ3v) is 5.37. The van der Waals surface area contributed by atoms with Gasteiger partial charge in [-0.05, 0) is 44.2 Å². The molecule has 2 fully saturated rings. The van der Waals surface area contributed by atoms with Gasteiger partial charge in [-0.15, -0.1) is 0 Å². The molecule has 5 atom stereocenters. The van der Waals surface area contributed by atoms with Crippen LogP contribution >= 0.6 is 0 Å². The van der Waals surface area contributed by atoms with Crippen molar-refractivity contribution in [2.45, 2.75) is 58.2 Å². The number of piperidine rings is 1. The summed E-state index contributed by atoms with van der Waals surface area (Å²) in [7, 11) is 0. The van der Waals surface area contributed by atoms with Crippen molar-refractivity contribution in [3.05, 3.63) is 35.9 Å². The van der Waals surface area contributed by atoms with Crippen LogP contribution in [0.15, 0.2) is 30.3 Å². The minimum atomic E-state index is -0.287. The highest BCUT2D eigenvalue weighted by molar-refractivity contribution is 5.89. The van der Waals surface area contributed by atoms with E-state index >= 15 is 0 Å². The first-order valence-electron chi connectivity index (χ1n) is 9.22. The van der Waals surface area contributed by atoms with E-state index in [0.29, 0.717) is 36.8 Å². The van der Waals surface area contributed by atoms with Gasteiger partial charge in [0.15, 0.2) is 0 Å². The van der Waals surface area contributed by atoms with Gasteiger partial charge in [0.1, 0.15) is 6.10 Å². The van der Waals surface area contributed by atoms with E-state index in [1.165, 1.54) is 0 Å². The van der Waals surface area contributed by atoms with Gasteiger partial charge in [-0.2, -0.15) is 0 Å². The molecule has 1 saturated heterocycles. The van der Waals surface area contributed by atoms with Crippen LogP contribution in [0.4, 0.5) is 4.79 Å². The first-order chi connectivity index (χ1) is 12.0. The number of ether oxygens (including phenoxy) is 2. The van der Waals surface area contributed by atoms with Crippen LogP contribution in [0.3, 0.4) is 0 Å². The Labute approximate surface area is 149 Å². The molecule has 136 valence electrons. The Bertz CT molecular complexity index is 617. The molecule has 3 unspecified atom stereocenters. The zero-order chi connectivity index (χ0) is 18.0. The van der Waals surface area contributed by atoms with E-state index in [0.717, 1.165) is 6.42 Å². The minimum Gasteiger partial charge on any atom is -0.459 e. The molecular formula is C20H27NO4. The highest BCUT2D eigenvalue weighted by Crippen LogP contribution is 2.46. The molecule has 1 aliphatic carbocycles. The molecule has 1 amide bonds. The summed E-state index contributed by atoms with van der Waals surface area (Å²) in [4.78, 5) is 26.7. The van der Waals surface area contributed by atoms with Crippen LogP contribution in [0.25, 0.3) is 0 Å². The lowest BCUT2D eigenvalue weighted by Gasteiger charge is -2.43. The average molecular weight is 345 g/mol. The first-order valence-corrected chi connectivity index (χ1v) is 9.22. The molecule has 5 heteroatoms. The van der Waals surface area contributed by atoms with Gasteiger partial charge in [0.2, 0.25) is 0 Å². The number of carbonyl (C=O) groups excluding carboxylic acids is 2. The van der Waals surface area contributed by atoms with Crippen LogP contribution in [-0.4, -0.2) is 41.8 Å². The number of likely N-dealkylation sites (tertiary alicyclic amines) is 1. The molecule has 0 bridgehead atoms. The van der Waals surface area contributed by atoms with Crippen LogP contribution in [0.2, 0.25) is 0 Å². The summed E-state index contributed by atoms with van der Waals surface area (Å²) < 4.78 is 11.0. The highest BCUT2D eigenvalue weighted by atomic mass is 16.6. The van der Waals surface area contributed by atoms with E-state index in [2.05, 4.69) is 6.92 Å². The quantitative estimate of drug-likeness (QED) is 0.777. The van der Waals surface area contributed by atoms with Gasteiger partial charge in [-0.1, -0.05) is 25.1 Å². The average Bonchev–Trinajstić information content (AvgIpc) is 3.32. The van der Waals surface area contributed by atoms with Gasteiger partial charge >= 0.3 is 12.1 Å². The van der Waals surface area contributed by atoms with Crippen LogP contribution in [0.1, 0.15) is 50.4 Å². The smallest absolute Gasteiger partial charge is 0.410 e. The molecule has 1 heterocycles. The van der Waals surface area contributed by atoms with E-state index < -0.39 is 0 Å².